The summed E-state index contributed by atoms with van der Waals surface area (Å²) in [6, 6.07) is 0. The molecule has 3 heteroatoms. The van der Waals surface area contributed by atoms with Gasteiger partial charge in [-0.3, -0.25) is 6.26 Å². The van der Waals surface area contributed by atoms with Crippen LogP contribution in [0.2, 0.25) is 0 Å². The van der Waals surface area contributed by atoms with Crippen molar-refractivity contribution in [2.24, 2.45) is 0 Å². The normalized spacial score (nSPS) is 1.50. The number of thiol groups is 1. The summed E-state index contributed by atoms with van der Waals surface area (Å²) < 4.78 is 0. The molecule has 0 bridgehead atoms. The fraction of sp³-hybridized carbons (Fsp3) is 0. The van der Waals surface area contributed by atoms with Crippen LogP contribution in [-0.4, -0.2) is 0 Å². The fourth-order valence-electron chi connectivity index (χ4n) is 0. The first kappa shape index (κ1) is 35.5. The molecule has 0 unspecified atom stereocenters. The Morgan fingerprint density at radius 1 is 1.25 bits per heavy atom. The van der Waals surface area contributed by atoms with E-state index in [1.165, 1.54) is 0 Å². The molecule has 0 amide bonds. The topological polar surface area (TPSA) is 0 Å². The largest absolute Gasteiger partial charge is 0.372 e. The van der Waals surface area contributed by atoms with Crippen molar-refractivity contribution in [3.8, 4) is 0 Å². The van der Waals surface area contributed by atoms with Crippen molar-refractivity contribution in [2.45, 2.75) is 0 Å². The van der Waals surface area contributed by atoms with Crippen LogP contribution in [0.25, 0.3) is 0 Å². The summed E-state index contributed by atoms with van der Waals surface area (Å²) in [7, 11) is 0. The Kier molecular flexibility index (Phi) is 712000. The molecule has 0 aliphatic rings. The molecular formula is CH3ReRfS-. The molecule has 0 heterocycles. The van der Waals surface area contributed by atoms with Gasteiger partial charge in [-0.1, -0.05) is 0 Å². The minimum Gasteiger partial charge on any atom is -0.372 e. The van der Waals surface area contributed by atoms with Crippen LogP contribution < -0.4 is 0 Å². The molecule has 0 aromatic heterocycles. The average Bonchev–Trinajstić information content (AvgIpc) is 1.00. The molecule has 0 aliphatic carbocycles. The Bertz CT molecular complexity index is 8.00. The third kappa shape index (κ3) is 13500. The average molecular weight is 500 g/mol. The summed E-state index contributed by atoms with van der Waals surface area (Å²) in [6.07, 6.45) is 2.94. The van der Waals surface area contributed by atoms with Crippen molar-refractivity contribution < 1.29 is 20.4 Å². The second-order valence-corrected chi connectivity index (χ2v) is 0. The van der Waals surface area contributed by atoms with Crippen molar-refractivity contribution in [2.75, 3.05) is 0 Å². The molecule has 0 N–H and O–H groups in total. The summed E-state index contributed by atoms with van der Waals surface area (Å²) >= 11 is 3.28. The molecule has 23 valence electrons. The number of hydrogen-bond donors (Lipinski definition) is 1. The van der Waals surface area contributed by atoms with Crippen LogP contribution in [0.4, 0.5) is 0 Å². The predicted octanol–water partition coefficient (Wildman–Crippen LogP) is 0.705. The van der Waals surface area contributed by atoms with Crippen LogP contribution in [0, 0.1) is 6.26 Å². The molecule has 0 aromatic carbocycles. The first-order valence-corrected chi connectivity index (χ1v) is 0.949. The molecule has 0 aliphatic heterocycles. The van der Waals surface area contributed by atoms with E-state index in [9.17, 15) is 0 Å². The van der Waals surface area contributed by atoms with E-state index in [4.69, 9.17) is 0 Å². The third-order valence-corrected chi connectivity index (χ3v) is 0. The Labute approximate surface area is 39.7 Å². The minimum absolute atomic E-state index is 0. The SMILES string of the molecule is [CH2-]S.[Re].[Rf]. The van der Waals surface area contributed by atoms with Gasteiger partial charge in [-0.05, 0) is 0 Å². The Hall–Kier alpha value is 0.0123. The van der Waals surface area contributed by atoms with Gasteiger partial charge in [0.05, 0.1) is 0 Å². The van der Waals surface area contributed by atoms with E-state index in [0.717, 1.165) is 0 Å². The molecule has 0 fully saturated rings. The van der Waals surface area contributed by atoms with E-state index in [0.29, 0.717) is 0 Å². The first-order valence-electron chi connectivity index (χ1n) is 0.316. The zero-order valence-electron chi connectivity index (χ0n) is 2.24. The molecule has 0 saturated carbocycles. The van der Waals surface area contributed by atoms with Crippen LogP contribution in [0.1, 0.15) is 0 Å². The van der Waals surface area contributed by atoms with Gasteiger partial charge in [0.15, 0.2) is 0 Å². The van der Waals surface area contributed by atoms with Gasteiger partial charge in [0, 0.05) is 20.4 Å². The molecule has 1 radical (unpaired) electrons. The maximum absolute atomic E-state index is 3.28. The molecule has 0 aromatic rings. The summed E-state index contributed by atoms with van der Waals surface area (Å²) in [4.78, 5) is 0. The molecule has 0 spiro atoms. The maximum atomic E-state index is 3.28. The molecule has 0 rings (SSSR count). The van der Waals surface area contributed by atoms with Crippen LogP contribution in [0.15, 0.2) is 0 Å². The van der Waals surface area contributed by atoms with Gasteiger partial charge in [-0.2, -0.15) is 0 Å². The number of hydrogen-bond acceptors (Lipinski definition) is 1. The van der Waals surface area contributed by atoms with Gasteiger partial charge >= 0.3 is 0 Å². The van der Waals surface area contributed by atoms with E-state index < -0.39 is 0 Å². The van der Waals surface area contributed by atoms with Crippen LogP contribution in [0.3, 0.4) is 0 Å². The third-order valence-electron chi connectivity index (χ3n) is 0. The zero-order chi connectivity index (χ0) is 2.00. The maximum Gasteiger partial charge on any atom is 0 e. The van der Waals surface area contributed by atoms with Gasteiger partial charge in [-0.25, -0.2) is 0 Å². The molecule has 0 saturated heterocycles. The second kappa shape index (κ2) is 80100. The first-order chi connectivity index (χ1) is 1.00. The number of rotatable bonds is 0. The van der Waals surface area contributed by atoms with Crippen molar-refractivity contribution in [3.05, 3.63) is 6.26 Å². The quantitative estimate of drug-likeness (QED) is 0.368. The second-order valence-electron chi connectivity index (χ2n) is 0. The van der Waals surface area contributed by atoms with E-state index in [2.05, 4.69) is 18.9 Å². The molecule has 4 heavy (non-hydrogen) atoms. The van der Waals surface area contributed by atoms with E-state index in [-0.39, 0.29) is 20.4 Å². The van der Waals surface area contributed by atoms with Crippen LogP contribution in [0.5, 0.6) is 0 Å². The van der Waals surface area contributed by atoms with Gasteiger partial charge in [-0.15, -0.1) is 0 Å². The van der Waals surface area contributed by atoms with Crippen molar-refractivity contribution in [3.63, 3.8) is 0 Å². The minimum atomic E-state index is 0. The monoisotopic (exact) mass is 501 g/mol. The van der Waals surface area contributed by atoms with Crippen LogP contribution >= 0.6 is 12.6 Å². The van der Waals surface area contributed by atoms with Gasteiger partial charge in [0.1, 0.15) is 0 Å². The van der Waals surface area contributed by atoms with Gasteiger partial charge < -0.3 is 12.6 Å². The summed E-state index contributed by atoms with van der Waals surface area (Å²) in [6.45, 7) is 0. The summed E-state index contributed by atoms with van der Waals surface area (Å²) in [5, 5.41) is 0. The predicted molar refractivity (Wildman–Crippen MR) is 14.3 cm³/mol. The standard InChI is InChI=1S/CH3S.Re.Rf/c1-2;;/h2H,1H2;;/q-1;;. The van der Waals surface area contributed by atoms with Gasteiger partial charge in [0.2, 0.25) is 0 Å². The Balaban J connectivity index is -0.00000000500. The van der Waals surface area contributed by atoms with Crippen LogP contribution in [-0.2, 0) is 20.4 Å². The van der Waals surface area contributed by atoms with E-state index in [1.807, 2.05) is 0 Å². The smallest absolute Gasteiger partial charge is 0 e. The van der Waals surface area contributed by atoms with Crippen molar-refractivity contribution in [1.29, 1.82) is 0 Å². The van der Waals surface area contributed by atoms with Gasteiger partial charge in [0.25, 0.3) is 0 Å². The summed E-state index contributed by atoms with van der Waals surface area (Å²) in [5.74, 6) is 0. The molecule has 0 atom stereocenters. The molecular weight excluding hydrogens is 497 g/mol. The fourth-order valence-corrected chi connectivity index (χ4v) is 0. The van der Waals surface area contributed by atoms with E-state index in [1.54, 1.807) is 0 Å². The molecule has 0 nitrogen and oxygen atoms in total. The zero-order valence-corrected chi connectivity index (χ0v) is 12.2. The van der Waals surface area contributed by atoms with Crippen molar-refractivity contribution in [1.82, 2.24) is 0 Å². The van der Waals surface area contributed by atoms with Crippen molar-refractivity contribution >= 4 is 12.6 Å². The Morgan fingerprint density at radius 2 is 1.25 bits per heavy atom. The Morgan fingerprint density at radius 3 is 1.25 bits per heavy atom. The summed E-state index contributed by atoms with van der Waals surface area (Å²) in [5.41, 5.74) is 0. The van der Waals surface area contributed by atoms with E-state index >= 15 is 0 Å².